The SMILES string of the molecule is Cc1c(Cc2ccccc2)c(=O)oc2cc(OC(=O)CCCCCNC(=O)OCc3ccccc3)ccc12. The van der Waals surface area contributed by atoms with Gasteiger partial charge < -0.3 is 19.2 Å². The summed E-state index contributed by atoms with van der Waals surface area (Å²) in [5.74, 6) is -0.0250. The summed E-state index contributed by atoms with van der Waals surface area (Å²) in [7, 11) is 0. The Morgan fingerprint density at radius 1 is 0.868 bits per heavy atom. The van der Waals surface area contributed by atoms with Crippen molar-refractivity contribution < 1.29 is 23.5 Å². The smallest absolute Gasteiger partial charge is 0.407 e. The van der Waals surface area contributed by atoms with E-state index in [1.165, 1.54) is 0 Å². The van der Waals surface area contributed by atoms with Crippen molar-refractivity contribution in [1.29, 1.82) is 0 Å². The van der Waals surface area contributed by atoms with E-state index in [1.807, 2.05) is 73.7 Å². The van der Waals surface area contributed by atoms with Gasteiger partial charge in [0.1, 0.15) is 17.9 Å². The molecule has 7 nitrogen and oxygen atoms in total. The number of unbranched alkanes of at least 4 members (excludes halogenated alkanes) is 2. The molecule has 0 spiro atoms. The minimum atomic E-state index is -0.460. The highest BCUT2D eigenvalue weighted by atomic mass is 16.5. The first-order chi connectivity index (χ1) is 18.5. The first-order valence-corrected chi connectivity index (χ1v) is 12.7. The van der Waals surface area contributed by atoms with Gasteiger partial charge in [0, 0.05) is 36.4 Å². The highest BCUT2D eigenvalue weighted by molar-refractivity contribution is 5.83. The largest absolute Gasteiger partial charge is 0.445 e. The number of hydrogen-bond acceptors (Lipinski definition) is 6. The number of esters is 1. The molecule has 0 aliphatic rings. The molecule has 196 valence electrons. The van der Waals surface area contributed by atoms with Gasteiger partial charge in [-0.2, -0.15) is 0 Å². The number of alkyl carbamates (subject to hydrolysis) is 1. The maximum atomic E-state index is 12.7. The topological polar surface area (TPSA) is 94.8 Å². The Balaban J connectivity index is 1.20. The highest BCUT2D eigenvalue weighted by Crippen LogP contribution is 2.25. The van der Waals surface area contributed by atoms with Crippen molar-refractivity contribution in [3.63, 3.8) is 0 Å². The molecule has 1 N–H and O–H groups in total. The van der Waals surface area contributed by atoms with E-state index in [1.54, 1.807) is 12.1 Å². The molecule has 0 aliphatic carbocycles. The molecule has 0 radical (unpaired) electrons. The summed E-state index contributed by atoms with van der Waals surface area (Å²) in [6.07, 6.45) is 2.38. The lowest BCUT2D eigenvalue weighted by molar-refractivity contribution is -0.134. The van der Waals surface area contributed by atoms with Crippen molar-refractivity contribution in [3.8, 4) is 5.75 Å². The summed E-state index contributed by atoms with van der Waals surface area (Å²) in [4.78, 5) is 36.7. The molecule has 0 unspecified atom stereocenters. The van der Waals surface area contributed by atoms with Crippen molar-refractivity contribution in [2.45, 2.75) is 45.6 Å². The Hall–Kier alpha value is -4.39. The standard InChI is InChI=1S/C31H31NO6/c1-22-26-17-16-25(20-28(26)38-30(34)27(22)19-23-11-5-2-6-12-23)37-29(33)15-9-4-10-18-32-31(35)36-21-24-13-7-3-8-14-24/h2-3,5-8,11-14,16-17,20H,4,9-10,15,18-19,21H2,1H3,(H,32,35). The molecule has 4 aromatic rings. The lowest BCUT2D eigenvalue weighted by Gasteiger charge is -2.10. The fourth-order valence-electron chi connectivity index (χ4n) is 4.16. The van der Waals surface area contributed by atoms with Crippen molar-refractivity contribution >= 4 is 23.0 Å². The normalized spacial score (nSPS) is 10.8. The van der Waals surface area contributed by atoms with Crippen molar-refractivity contribution in [1.82, 2.24) is 5.32 Å². The Morgan fingerprint density at radius 2 is 1.58 bits per heavy atom. The van der Waals surface area contributed by atoms with Crippen LogP contribution in [0.5, 0.6) is 5.75 Å². The average molecular weight is 514 g/mol. The third kappa shape index (κ3) is 7.56. The van der Waals surface area contributed by atoms with Crippen LogP contribution in [0.1, 0.15) is 47.9 Å². The molecule has 0 saturated carbocycles. The minimum Gasteiger partial charge on any atom is -0.445 e. The predicted molar refractivity (Wildman–Crippen MR) is 145 cm³/mol. The van der Waals surface area contributed by atoms with Gasteiger partial charge in [-0.15, -0.1) is 0 Å². The van der Waals surface area contributed by atoms with Crippen LogP contribution in [0.2, 0.25) is 0 Å². The molecule has 38 heavy (non-hydrogen) atoms. The summed E-state index contributed by atoms with van der Waals surface area (Å²) in [5.41, 5.74) is 3.44. The number of hydrogen-bond donors (Lipinski definition) is 1. The van der Waals surface area contributed by atoms with E-state index in [2.05, 4.69) is 5.32 Å². The Bertz CT molecular complexity index is 1430. The molecular formula is C31H31NO6. The summed E-state index contributed by atoms with van der Waals surface area (Å²) in [6, 6.07) is 24.4. The van der Waals surface area contributed by atoms with E-state index in [4.69, 9.17) is 13.9 Å². The van der Waals surface area contributed by atoms with Crippen molar-refractivity contribution in [2.24, 2.45) is 0 Å². The van der Waals surface area contributed by atoms with Crippen LogP contribution in [0.4, 0.5) is 4.79 Å². The maximum Gasteiger partial charge on any atom is 0.407 e. The second kappa shape index (κ2) is 13.2. The van der Waals surface area contributed by atoms with Gasteiger partial charge >= 0.3 is 17.7 Å². The van der Waals surface area contributed by atoms with E-state index >= 15 is 0 Å². The van der Waals surface area contributed by atoms with E-state index in [0.29, 0.717) is 36.3 Å². The number of carbonyl (C=O) groups excluding carboxylic acids is 2. The molecule has 0 saturated heterocycles. The fourth-order valence-corrected chi connectivity index (χ4v) is 4.16. The number of carbonyl (C=O) groups is 2. The van der Waals surface area contributed by atoms with Crippen LogP contribution in [-0.2, 0) is 22.6 Å². The molecular weight excluding hydrogens is 482 g/mol. The van der Waals surface area contributed by atoms with Crippen LogP contribution in [0.3, 0.4) is 0 Å². The number of ether oxygens (including phenoxy) is 2. The number of nitrogens with one attached hydrogen (secondary N) is 1. The first-order valence-electron chi connectivity index (χ1n) is 12.7. The molecule has 4 rings (SSSR count). The van der Waals surface area contributed by atoms with Crippen LogP contribution in [0, 0.1) is 6.92 Å². The fraction of sp³-hybridized carbons (Fsp3) is 0.258. The number of amides is 1. The molecule has 7 heteroatoms. The van der Waals surface area contributed by atoms with Crippen LogP contribution in [0.25, 0.3) is 11.0 Å². The number of benzene rings is 3. The molecule has 0 aliphatic heterocycles. The summed E-state index contributed by atoms with van der Waals surface area (Å²) < 4.78 is 16.2. The highest BCUT2D eigenvalue weighted by Gasteiger charge is 2.14. The second-order valence-corrected chi connectivity index (χ2v) is 9.09. The van der Waals surface area contributed by atoms with Gasteiger partial charge in [0.15, 0.2) is 0 Å². The Labute approximate surface area is 221 Å². The summed E-state index contributed by atoms with van der Waals surface area (Å²) in [5, 5.41) is 3.52. The first kappa shape index (κ1) is 26.7. The van der Waals surface area contributed by atoms with Crippen molar-refractivity contribution in [2.75, 3.05) is 6.54 Å². The van der Waals surface area contributed by atoms with Gasteiger partial charge in [0.25, 0.3) is 0 Å². The maximum absolute atomic E-state index is 12.7. The molecule has 1 amide bonds. The molecule has 1 heterocycles. The van der Waals surface area contributed by atoms with Crippen LogP contribution >= 0.6 is 0 Å². The molecule has 0 bridgehead atoms. The Morgan fingerprint density at radius 3 is 2.32 bits per heavy atom. The quantitative estimate of drug-likeness (QED) is 0.113. The number of aryl methyl sites for hydroxylation is 1. The zero-order chi connectivity index (χ0) is 26.7. The zero-order valence-corrected chi connectivity index (χ0v) is 21.4. The monoisotopic (exact) mass is 513 g/mol. The van der Waals surface area contributed by atoms with Crippen LogP contribution in [0.15, 0.2) is 88.1 Å². The molecule has 1 aromatic heterocycles. The van der Waals surface area contributed by atoms with Crippen LogP contribution < -0.4 is 15.7 Å². The van der Waals surface area contributed by atoms with Gasteiger partial charge in [0.05, 0.1) is 0 Å². The van der Waals surface area contributed by atoms with Gasteiger partial charge in [0.2, 0.25) is 0 Å². The number of fused-ring (bicyclic) bond motifs is 1. The minimum absolute atomic E-state index is 0.227. The summed E-state index contributed by atoms with van der Waals surface area (Å²) >= 11 is 0. The molecule has 3 aromatic carbocycles. The number of rotatable bonds is 11. The Kier molecular flexibility index (Phi) is 9.29. The van der Waals surface area contributed by atoms with Gasteiger partial charge in [-0.25, -0.2) is 9.59 Å². The van der Waals surface area contributed by atoms with E-state index in [0.717, 1.165) is 34.9 Å². The third-order valence-corrected chi connectivity index (χ3v) is 6.25. The van der Waals surface area contributed by atoms with Gasteiger partial charge in [-0.3, -0.25) is 4.79 Å². The summed E-state index contributed by atoms with van der Waals surface area (Å²) in [6.45, 7) is 2.60. The third-order valence-electron chi connectivity index (χ3n) is 6.25. The van der Waals surface area contributed by atoms with Gasteiger partial charge in [-0.1, -0.05) is 67.1 Å². The zero-order valence-electron chi connectivity index (χ0n) is 21.4. The second-order valence-electron chi connectivity index (χ2n) is 9.09. The average Bonchev–Trinajstić information content (AvgIpc) is 2.93. The van der Waals surface area contributed by atoms with Crippen molar-refractivity contribution in [3.05, 3.63) is 112 Å². The van der Waals surface area contributed by atoms with Crippen LogP contribution in [-0.4, -0.2) is 18.6 Å². The lowest BCUT2D eigenvalue weighted by atomic mass is 10.00. The molecule has 0 atom stereocenters. The van der Waals surface area contributed by atoms with E-state index in [9.17, 15) is 14.4 Å². The molecule has 0 fully saturated rings. The lowest BCUT2D eigenvalue weighted by Crippen LogP contribution is -2.25. The van der Waals surface area contributed by atoms with Gasteiger partial charge in [-0.05, 0) is 48.6 Å². The van der Waals surface area contributed by atoms with E-state index in [-0.39, 0.29) is 24.6 Å². The van der Waals surface area contributed by atoms with E-state index < -0.39 is 6.09 Å². The predicted octanol–water partition coefficient (Wildman–Crippen LogP) is 6.08.